The van der Waals surface area contributed by atoms with Crippen LogP contribution >= 0.6 is 0 Å². The maximum atomic E-state index is 15.2. The van der Waals surface area contributed by atoms with Crippen molar-refractivity contribution in [2.24, 2.45) is 29.6 Å². The zero-order valence-corrected chi connectivity index (χ0v) is 27.8. The van der Waals surface area contributed by atoms with Crippen LogP contribution in [-0.4, -0.2) is 39.4 Å². The molecule has 0 radical (unpaired) electrons. The number of benzene rings is 3. The zero-order valence-electron chi connectivity index (χ0n) is 27.8. The van der Waals surface area contributed by atoms with Gasteiger partial charge in [-0.3, -0.25) is 24.1 Å². The van der Waals surface area contributed by atoms with Crippen molar-refractivity contribution in [1.29, 1.82) is 0 Å². The number of carbonyl (C=O) groups is 4. The summed E-state index contributed by atoms with van der Waals surface area (Å²) in [4.78, 5) is 60.6. The number of likely N-dealkylation sites (tertiary alicyclic amines) is 1. The molecule has 1 saturated heterocycles. The molecule has 3 aromatic rings. The third kappa shape index (κ3) is 4.48. The second-order valence-corrected chi connectivity index (χ2v) is 14.9. The first-order valence-electron chi connectivity index (χ1n) is 18.0. The van der Waals surface area contributed by atoms with Gasteiger partial charge in [-0.2, -0.15) is 0 Å². The fourth-order valence-electron chi connectivity index (χ4n) is 10.4. The van der Waals surface area contributed by atoms with Gasteiger partial charge in [0.05, 0.1) is 23.5 Å². The van der Waals surface area contributed by atoms with Gasteiger partial charge in [0.25, 0.3) is 0 Å². The highest BCUT2D eigenvalue weighted by Crippen LogP contribution is 2.63. The SMILES string of the molecule is O=C1C(c2ccccc2)=CC(=O)C2(c3ccccc3)C1CC1C(=CCC3C(=O)N(C4CCCCC4)C(=O)C31)C2C1=COc2ccc(O)cc2C1. The molecule has 0 aromatic heterocycles. The van der Waals surface area contributed by atoms with Gasteiger partial charge in [0.15, 0.2) is 11.6 Å². The van der Waals surface area contributed by atoms with E-state index in [0.717, 1.165) is 54.4 Å². The van der Waals surface area contributed by atoms with Gasteiger partial charge in [0.2, 0.25) is 11.8 Å². The Hall–Kier alpha value is -5.04. The number of phenols is 1. The van der Waals surface area contributed by atoms with Crippen LogP contribution in [-0.2, 0) is 31.0 Å². The Balaban J connectivity index is 1.24. The Morgan fingerprint density at radius 1 is 0.820 bits per heavy atom. The summed E-state index contributed by atoms with van der Waals surface area (Å²) in [7, 11) is 0. The van der Waals surface area contributed by atoms with Gasteiger partial charge in [-0.05, 0) is 72.6 Å². The van der Waals surface area contributed by atoms with Crippen molar-refractivity contribution < 1.29 is 29.0 Å². The molecule has 50 heavy (non-hydrogen) atoms. The number of hydrogen-bond donors (Lipinski definition) is 1. The number of aromatic hydroxyl groups is 1. The van der Waals surface area contributed by atoms with E-state index < -0.39 is 35.0 Å². The molecule has 2 saturated carbocycles. The van der Waals surface area contributed by atoms with E-state index >= 15 is 9.59 Å². The molecule has 0 spiro atoms. The Kier molecular flexibility index (Phi) is 7.30. The van der Waals surface area contributed by atoms with Crippen LogP contribution in [0.1, 0.15) is 61.6 Å². The minimum atomic E-state index is -1.30. The van der Waals surface area contributed by atoms with Crippen LogP contribution in [0.4, 0.5) is 0 Å². The number of hydrogen-bond acceptors (Lipinski definition) is 6. The molecule has 6 atom stereocenters. The lowest BCUT2D eigenvalue weighted by atomic mass is 9.44. The Morgan fingerprint density at radius 2 is 1.56 bits per heavy atom. The van der Waals surface area contributed by atoms with E-state index in [4.69, 9.17) is 4.74 Å². The van der Waals surface area contributed by atoms with Gasteiger partial charge < -0.3 is 9.84 Å². The van der Waals surface area contributed by atoms with E-state index in [1.807, 2.05) is 60.7 Å². The van der Waals surface area contributed by atoms with Crippen molar-refractivity contribution in [1.82, 2.24) is 4.90 Å². The van der Waals surface area contributed by atoms with Crippen molar-refractivity contribution >= 4 is 29.0 Å². The molecule has 2 heterocycles. The molecule has 6 aliphatic rings. The van der Waals surface area contributed by atoms with Crippen LogP contribution in [0.2, 0.25) is 0 Å². The molecular formula is C43H39NO6. The number of imide groups is 1. The van der Waals surface area contributed by atoms with Gasteiger partial charge in [-0.25, -0.2) is 0 Å². The molecule has 4 aliphatic carbocycles. The molecule has 7 heteroatoms. The summed E-state index contributed by atoms with van der Waals surface area (Å²) < 4.78 is 6.22. The van der Waals surface area contributed by atoms with E-state index in [9.17, 15) is 14.7 Å². The number of ketones is 2. The third-order valence-electron chi connectivity index (χ3n) is 12.5. The lowest BCUT2D eigenvalue weighted by molar-refractivity contribution is -0.144. The number of phenolic OH excluding ortho intramolecular Hbond substituents is 1. The summed E-state index contributed by atoms with van der Waals surface area (Å²) >= 11 is 0. The predicted octanol–water partition coefficient (Wildman–Crippen LogP) is 6.90. The lowest BCUT2D eigenvalue weighted by Gasteiger charge is -2.56. The normalized spacial score (nSPS) is 30.7. The molecule has 1 N–H and O–H groups in total. The summed E-state index contributed by atoms with van der Waals surface area (Å²) in [6.45, 7) is 0. The van der Waals surface area contributed by atoms with Gasteiger partial charge >= 0.3 is 0 Å². The minimum Gasteiger partial charge on any atom is -0.508 e. The number of carbonyl (C=O) groups excluding carboxylic acids is 4. The zero-order chi connectivity index (χ0) is 34.1. The van der Waals surface area contributed by atoms with Crippen molar-refractivity contribution in [2.75, 3.05) is 0 Å². The fraction of sp³-hybridized carbons (Fsp3) is 0.349. The average molecular weight is 666 g/mol. The van der Waals surface area contributed by atoms with E-state index in [-0.39, 0.29) is 41.6 Å². The number of nitrogens with zero attached hydrogens (tertiary/aromatic N) is 1. The first kappa shape index (κ1) is 31.0. The molecular weight excluding hydrogens is 626 g/mol. The predicted molar refractivity (Wildman–Crippen MR) is 187 cm³/mol. The van der Waals surface area contributed by atoms with Crippen LogP contribution in [0.3, 0.4) is 0 Å². The number of amides is 2. The molecule has 3 fully saturated rings. The van der Waals surface area contributed by atoms with E-state index in [1.54, 1.807) is 35.4 Å². The molecule has 9 rings (SSSR count). The third-order valence-corrected chi connectivity index (χ3v) is 12.5. The van der Waals surface area contributed by atoms with Gasteiger partial charge in [0, 0.05) is 35.4 Å². The fourth-order valence-corrected chi connectivity index (χ4v) is 10.4. The van der Waals surface area contributed by atoms with Gasteiger partial charge in [-0.15, -0.1) is 0 Å². The molecule has 2 amide bonds. The summed E-state index contributed by atoms with van der Waals surface area (Å²) in [5, 5.41) is 10.4. The molecule has 7 nitrogen and oxygen atoms in total. The van der Waals surface area contributed by atoms with Crippen LogP contribution in [0, 0.1) is 29.6 Å². The molecule has 3 aromatic carbocycles. The van der Waals surface area contributed by atoms with E-state index in [1.165, 1.54) is 0 Å². The van der Waals surface area contributed by atoms with Crippen LogP contribution in [0.15, 0.2) is 108 Å². The van der Waals surface area contributed by atoms with Crippen LogP contribution in [0.5, 0.6) is 11.5 Å². The Labute approximate surface area is 291 Å². The molecule has 6 unspecified atom stereocenters. The monoisotopic (exact) mass is 665 g/mol. The first-order valence-corrected chi connectivity index (χ1v) is 18.0. The lowest BCUT2D eigenvalue weighted by Crippen LogP contribution is -2.60. The van der Waals surface area contributed by atoms with Crippen LogP contribution in [0.25, 0.3) is 5.57 Å². The minimum absolute atomic E-state index is 0.0789. The van der Waals surface area contributed by atoms with Crippen LogP contribution < -0.4 is 4.74 Å². The Morgan fingerprint density at radius 3 is 2.32 bits per heavy atom. The van der Waals surface area contributed by atoms with Gasteiger partial charge in [0.1, 0.15) is 11.5 Å². The molecule has 0 bridgehead atoms. The number of Topliss-reactive ketones (excluding diaryl/α,β-unsaturated/α-hetero) is 1. The summed E-state index contributed by atoms with van der Waals surface area (Å²) in [6.07, 6.45) is 11.2. The first-order chi connectivity index (χ1) is 24.4. The second kappa shape index (κ2) is 11.8. The topological polar surface area (TPSA) is 101 Å². The van der Waals surface area contributed by atoms with Crippen molar-refractivity contribution in [3.63, 3.8) is 0 Å². The number of ether oxygens (including phenoxy) is 1. The highest BCUT2D eigenvalue weighted by molar-refractivity contribution is 6.31. The largest absolute Gasteiger partial charge is 0.508 e. The number of rotatable bonds is 4. The smallest absolute Gasteiger partial charge is 0.233 e. The molecule has 252 valence electrons. The molecule has 2 aliphatic heterocycles. The second-order valence-electron chi connectivity index (χ2n) is 14.9. The number of allylic oxidation sites excluding steroid dienone is 5. The van der Waals surface area contributed by atoms with Gasteiger partial charge in [-0.1, -0.05) is 91.6 Å². The standard InChI is InChI=1S/C43H39NO6/c45-30-16-19-36-26(21-30)20-27(24-50-36)39-31-17-18-32-38(42(49)44(41(32)48)29-14-8-3-9-15-29)34(31)22-35-40(47)33(25-10-4-1-5-11-25)23-37(46)43(35,39)28-12-6-2-7-13-28/h1-2,4-7,10-13,16-17,19,21,23-24,29,32,34-35,38-39,45H,3,8-9,14-15,18,20,22H2. The average Bonchev–Trinajstić information content (AvgIpc) is 3.41. The Bertz CT molecular complexity index is 2020. The highest BCUT2D eigenvalue weighted by atomic mass is 16.5. The van der Waals surface area contributed by atoms with Crippen molar-refractivity contribution in [2.45, 2.75) is 62.8 Å². The summed E-state index contributed by atoms with van der Waals surface area (Å²) in [6, 6.07) is 23.9. The maximum Gasteiger partial charge on any atom is 0.233 e. The van der Waals surface area contributed by atoms with E-state index in [2.05, 4.69) is 6.08 Å². The number of fused-ring (bicyclic) bond motifs is 5. The van der Waals surface area contributed by atoms with E-state index in [0.29, 0.717) is 29.7 Å². The summed E-state index contributed by atoms with van der Waals surface area (Å²) in [5.41, 5.74) is 3.05. The quantitative estimate of drug-likeness (QED) is 0.240. The van der Waals surface area contributed by atoms with Crippen molar-refractivity contribution in [3.8, 4) is 11.5 Å². The summed E-state index contributed by atoms with van der Waals surface area (Å²) in [5.74, 6) is -2.60. The maximum absolute atomic E-state index is 15.2. The van der Waals surface area contributed by atoms with Crippen molar-refractivity contribution in [3.05, 3.63) is 125 Å². The highest BCUT2D eigenvalue weighted by Gasteiger charge is 2.66.